The standard InChI is InChI=1S/C17H22FNO2/c1-4-12(2)13(3)19-17(21)16-9-8-15(18)11-14(16)7-5-6-10-20/h8-9,11-13,20H,4,6,10H2,1-3H3,(H,19,21). The van der Waals surface area contributed by atoms with Gasteiger partial charge in [-0.25, -0.2) is 4.39 Å². The summed E-state index contributed by atoms with van der Waals surface area (Å²) in [5, 5.41) is 11.6. The maximum Gasteiger partial charge on any atom is 0.252 e. The molecule has 0 saturated heterocycles. The van der Waals surface area contributed by atoms with Crippen LogP contribution in [-0.2, 0) is 0 Å². The van der Waals surface area contributed by atoms with Crippen molar-refractivity contribution < 1.29 is 14.3 Å². The van der Waals surface area contributed by atoms with Gasteiger partial charge in [-0.1, -0.05) is 32.1 Å². The first-order chi connectivity index (χ1) is 9.99. The Morgan fingerprint density at radius 2 is 2.14 bits per heavy atom. The van der Waals surface area contributed by atoms with Gasteiger partial charge in [0.05, 0.1) is 12.2 Å². The number of carbonyl (C=O) groups is 1. The average Bonchev–Trinajstić information content (AvgIpc) is 2.46. The predicted octanol–water partition coefficient (Wildman–Crippen LogP) is 2.72. The Hall–Kier alpha value is -1.86. The Morgan fingerprint density at radius 1 is 1.43 bits per heavy atom. The van der Waals surface area contributed by atoms with E-state index in [4.69, 9.17) is 5.11 Å². The molecule has 2 N–H and O–H groups in total. The lowest BCUT2D eigenvalue weighted by atomic mass is 10.00. The van der Waals surface area contributed by atoms with Gasteiger partial charge in [0.15, 0.2) is 0 Å². The van der Waals surface area contributed by atoms with E-state index in [1.54, 1.807) is 0 Å². The van der Waals surface area contributed by atoms with Gasteiger partial charge in [0.1, 0.15) is 5.82 Å². The summed E-state index contributed by atoms with van der Waals surface area (Å²) in [4.78, 5) is 12.3. The maximum atomic E-state index is 13.3. The molecule has 0 spiro atoms. The molecule has 1 aromatic carbocycles. The molecule has 1 amide bonds. The lowest BCUT2D eigenvalue weighted by Crippen LogP contribution is -2.37. The molecule has 0 aromatic heterocycles. The van der Waals surface area contributed by atoms with Crippen LogP contribution in [0.25, 0.3) is 0 Å². The van der Waals surface area contributed by atoms with E-state index >= 15 is 0 Å². The van der Waals surface area contributed by atoms with Crippen LogP contribution in [0.5, 0.6) is 0 Å². The molecule has 21 heavy (non-hydrogen) atoms. The van der Waals surface area contributed by atoms with E-state index in [9.17, 15) is 9.18 Å². The summed E-state index contributed by atoms with van der Waals surface area (Å²) in [5.41, 5.74) is 0.703. The van der Waals surface area contributed by atoms with Crippen molar-refractivity contribution in [3.05, 3.63) is 35.1 Å². The van der Waals surface area contributed by atoms with E-state index in [1.807, 2.05) is 6.92 Å². The van der Waals surface area contributed by atoms with Crippen LogP contribution in [0.4, 0.5) is 4.39 Å². The second kappa shape index (κ2) is 8.43. The van der Waals surface area contributed by atoms with Gasteiger partial charge in [-0.2, -0.15) is 0 Å². The number of rotatable bonds is 5. The highest BCUT2D eigenvalue weighted by atomic mass is 19.1. The zero-order chi connectivity index (χ0) is 15.8. The van der Waals surface area contributed by atoms with Crippen LogP contribution in [0.15, 0.2) is 18.2 Å². The summed E-state index contributed by atoms with van der Waals surface area (Å²) in [5.74, 6) is 5.13. The van der Waals surface area contributed by atoms with Crippen molar-refractivity contribution in [3.8, 4) is 11.8 Å². The molecule has 4 heteroatoms. The Morgan fingerprint density at radius 3 is 2.76 bits per heavy atom. The Bertz CT molecular complexity index is 545. The van der Waals surface area contributed by atoms with Gasteiger partial charge >= 0.3 is 0 Å². The predicted molar refractivity (Wildman–Crippen MR) is 81.4 cm³/mol. The molecule has 0 radical (unpaired) electrons. The first kappa shape index (κ1) is 17.2. The number of carbonyl (C=O) groups excluding carboxylic acids is 1. The summed E-state index contributed by atoms with van der Waals surface area (Å²) in [7, 11) is 0. The third-order valence-electron chi connectivity index (χ3n) is 3.54. The normalized spacial score (nSPS) is 13.0. The third kappa shape index (κ3) is 5.20. The number of nitrogens with one attached hydrogen (secondary N) is 1. The molecule has 2 atom stereocenters. The molecule has 1 aromatic rings. The number of aliphatic hydroxyl groups is 1. The molecule has 0 aliphatic rings. The number of benzene rings is 1. The van der Waals surface area contributed by atoms with Crippen molar-refractivity contribution in [3.63, 3.8) is 0 Å². The Balaban J connectivity index is 2.96. The maximum absolute atomic E-state index is 13.3. The van der Waals surface area contributed by atoms with Crippen LogP contribution < -0.4 is 5.32 Å². The summed E-state index contributed by atoms with van der Waals surface area (Å²) in [6.07, 6.45) is 1.26. The summed E-state index contributed by atoms with van der Waals surface area (Å²) in [6.45, 7) is 6.02. The molecule has 0 heterocycles. The quantitative estimate of drug-likeness (QED) is 0.820. The molecule has 114 valence electrons. The van der Waals surface area contributed by atoms with Crippen LogP contribution in [0, 0.1) is 23.6 Å². The number of amides is 1. The van der Waals surface area contributed by atoms with E-state index in [0.717, 1.165) is 6.42 Å². The molecule has 0 aliphatic carbocycles. The lowest BCUT2D eigenvalue weighted by Gasteiger charge is -2.20. The minimum atomic E-state index is -0.435. The number of hydrogen-bond donors (Lipinski definition) is 2. The van der Waals surface area contributed by atoms with Crippen LogP contribution >= 0.6 is 0 Å². The van der Waals surface area contributed by atoms with Crippen molar-refractivity contribution in [2.24, 2.45) is 5.92 Å². The van der Waals surface area contributed by atoms with Gasteiger partial charge in [0.2, 0.25) is 0 Å². The summed E-state index contributed by atoms with van der Waals surface area (Å²) >= 11 is 0. The van der Waals surface area contributed by atoms with Crippen LogP contribution in [0.1, 0.15) is 49.5 Å². The van der Waals surface area contributed by atoms with E-state index in [1.165, 1.54) is 18.2 Å². The first-order valence-electron chi connectivity index (χ1n) is 7.19. The molecular weight excluding hydrogens is 269 g/mol. The van der Waals surface area contributed by atoms with Crippen molar-refractivity contribution in [1.82, 2.24) is 5.32 Å². The first-order valence-corrected chi connectivity index (χ1v) is 7.19. The number of halogens is 1. The van der Waals surface area contributed by atoms with E-state index < -0.39 is 5.82 Å². The number of hydrogen-bond acceptors (Lipinski definition) is 2. The average molecular weight is 291 g/mol. The zero-order valence-corrected chi connectivity index (χ0v) is 12.7. The molecule has 0 aliphatic heterocycles. The monoisotopic (exact) mass is 291 g/mol. The van der Waals surface area contributed by atoms with Crippen LogP contribution in [-0.4, -0.2) is 23.7 Å². The topological polar surface area (TPSA) is 49.3 Å². The Kier molecular flexibility index (Phi) is 6.90. The Labute approximate surface area is 125 Å². The van der Waals surface area contributed by atoms with Gasteiger partial charge in [0.25, 0.3) is 5.91 Å². The van der Waals surface area contributed by atoms with Crippen molar-refractivity contribution in [1.29, 1.82) is 0 Å². The lowest BCUT2D eigenvalue weighted by molar-refractivity contribution is 0.0928. The second-order valence-corrected chi connectivity index (χ2v) is 5.11. The van der Waals surface area contributed by atoms with Crippen molar-refractivity contribution >= 4 is 5.91 Å². The van der Waals surface area contributed by atoms with Gasteiger partial charge in [-0.15, -0.1) is 0 Å². The third-order valence-corrected chi connectivity index (χ3v) is 3.54. The molecule has 0 saturated carbocycles. The molecule has 0 fully saturated rings. The van der Waals surface area contributed by atoms with Crippen LogP contribution in [0.3, 0.4) is 0 Å². The van der Waals surface area contributed by atoms with Crippen LogP contribution in [0.2, 0.25) is 0 Å². The minimum absolute atomic E-state index is 0.0332. The molecular formula is C17H22FNO2. The summed E-state index contributed by atoms with van der Waals surface area (Å²) in [6, 6.07) is 3.97. The molecule has 1 rings (SSSR count). The van der Waals surface area contributed by atoms with Crippen molar-refractivity contribution in [2.45, 2.75) is 39.7 Å². The van der Waals surface area contributed by atoms with Gasteiger partial charge < -0.3 is 10.4 Å². The minimum Gasteiger partial charge on any atom is -0.395 e. The fraction of sp³-hybridized carbons (Fsp3) is 0.471. The number of aliphatic hydroxyl groups excluding tert-OH is 1. The smallest absolute Gasteiger partial charge is 0.252 e. The van der Waals surface area contributed by atoms with Gasteiger partial charge in [-0.3, -0.25) is 4.79 Å². The van der Waals surface area contributed by atoms with Crippen molar-refractivity contribution in [2.75, 3.05) is 6.61 Å². The van der Waals surface area contributed by atoms with E-state index in [0.29, 0.717) is 23.5 Å². The summed E-state index contributed by atoms with van der Waals surface area (Å²) < 4.78 is 13.3. The highest BCUT2D eigenvalue weighted by molar-refractivity contribution is 5.96. The largest absolute Gasteiger partial charge is 0.395 e. The van der Waals surface area contributed by atoms with Gasteiger partial charge in [0, 0.05) is 18.0 Å². The van der Waals surface area contributed by atoms with Gasteiger partial charge in [-0.05, 0) is 31.0 Å². The van der Waals surface area contributed by atoms with E-state index in [2.05, 4.69) is 31.0 Å². The van der Waals surface area contributed by atoms with E-state index in [-0.39, 0.29) is 18.6 Å². The molecule has 3 nitrogen and oxygen atoms in total. The molecule has 0 bridgehead atoms. The molecule has 2 unspecified atom stereocenters. The SMILES string of the molecule is CCC(C)C(C)NC(=O)c1ccc(F)cc1C#CCCO. The fourth-order valence-corrected chi connectivity index (χ4v) is 1.81. The highest BCUT2D eigenvalue weighted by Gasteiger charge is 2.16. The fourth-order valence-electron chi connectivity index (χ4n) is 1.81. The second-order valence-electron chi connectivity index (χ2n) is 5.11. The zero-order valence-electron chi connectivity index (χ0n) is 12.7. The highest BCUT2D eigenvalue weighted by Crippen LogP contribution is 2.13.